The van der Waals surface area contributed by atoms with E-state index < -0.39 is 10.1 Å². The average Bonchev–Trinajstić information content (AvgIpc) is 2.38. The Morgan fingerprint density at radius 3 is 2.42 bits per heavy atom. The second kappa shape index (κ2) is 4.20. The topological polar surface area (TPSA) is 46.6 Å². The smallest absolute Gasteiger partial charge is 0.280 e. The van der Waals surface area contributed by atoms with Crippen LogP contribution in [0.15, 0.2) is 0 Å². The molecule has 1 saturated heterocycles. The maximum atomic E-state index is 11.1. The first-order valence-electron chi connectivity index (χ1n) is 4.23. The average molecular weight is 193 g/mol. The van der Waals surface area contributed by atoms with Crippen molar-refractivity contribution < 1.29 is 12.6 Å². The van der Waals surface area contributed by atoms with Gasteiger partial charge in [-0.2, -0.15) is 8.42 Å². The van der Waals surface area contributed by atoms with Gasteiger partial charge in [0.2, 0.25) is 0 Å². The minimum absolute atomic E-state index is 0.0564. The number of hydrogen-bond acceptors (Lipinski definition) is 4. The molecule has 0 N–H and O–H groups in total. The van der Waals surface area contributed by atoms with Gasteiger partial charge in [0.25, 0.3) is 10.1 Å². The van der Waals surface area contributed by atoms with Gasteiger partial charge in [-0.3, -0.25) is 9.08 Å². The third-order valence-corrected chi connectivity index (χ3v) is 3.11. The normalized spacial score (nSPS) is 20.1. The van der Waals surface area contributed by atoms with Gasteiger partial charge in [-0.1, -0.05) is 0 Å². The number of hydrogen-bond donors (Lipinski definition) is 0. The summed E-state index contributed by atoms with van der Waals surface area (Å²) in [5.74, 6) is 0.0564. The molecule has 0 amide bonds. The maximum absolute atomic E-state index is 11.1. The van der Waals surface area contributed by atoms with Crippen LogP contribution in [0.3, 0.4) is 0 Å². The Bertz CT molecular complexity index is 219. The molecular formula is C7H15NO3S. The monoisotopic (exact) mass is 193 g/mol. The summed E-state index contributed by atoms with van der Waals surface area (Å²) in [5.41, 5.74) is 0. The molecule has 0 aromatic rings. The minimum atomic E-state index is -3.29. The Hall–Kier alpha value is -0.130. The van der Waals surface area contributed by atoms with Crippen LogP contribution >= 0.6 is 0 Å². The zero-order chi connectivity index (χ0) is 9.03. The second-order valence-corrected chi connectivity index (χ2v) is 4.53. The van der Waals surface area contributed by atoms with Crippen molar-refractivity contribution in [2.45, 2.75) is 19.8 Å². The van der Waals surface area contributed by atoms with E-state index in [1.807, 2.05) is 4.90 Å². The van der Waals surface area contributed by atoms with Crippen LogP contribution in [0.5, 0.6) is 0 Å². The van der Waals surface area contributed by atoms with E-state index in [0.29, 0.717) is 0 Å². The Morgan fingerprint density at radius 2 is 1.92 bits per heavy atom. The van der Waals surface area contributed by atoms with E-state index in [4.69, 9.17) is 0 Å². The third kappa shape index (κ3) is 3.08. The van der Waals surface area contributed by atoms with Crippen molar-refractivity contribution in [1.82, 2.24) is 4.90 Å². The van der Waals surface area contributed by atoms with Crippen LogP contribution in [0.1, 0.15) is 19.8 Å². The third-order valence-electron chi connectivity index (χ3n) is 1.84. The van der Waals surface area contributed by atoms with Crippen LogP contribution in [-0.2, 0) is 14.3 Å². The highest BCUT2D eigenvalue weighted by atomic mass is 32.2. The molecule has 0 radical (unpaired) electrons. The molecule has 4 nitrogen and oxygen atoms in total. The molecule has 1 aliphatic heterocycles. The molecule has 0 saturated carbocycles. The fraction of sp³-hybridized carbons (Fsp3) is 1.00. The lowest BCUT2D eigenvalue weighted by molar-refractivity contribution is 0.308. The summed E-state index contributed by atoms with van der Waals surface area (Å²) >= 11 is 0. The highest BCUT2D eigenvalue weighted by molar-refractivity contribution is 7.86. The van der Waals surface area contributed by atoms with Gasteiger partial charge in [0, 0.05) is 0 Å². The predicted octanol–water partition coefficient (Wildman–Crippen LogP) is 0.406. The maximum Gasteiger partial charge on any atom is 0.280 e. The fourth-order valence-corrected chi connectivity index (χ4v) is 2.49. The van der Waals surface area contributed by atoms with Crippen LogP contribution in [0.4, 0.5) is 0 Å². The molecule has 0 aromatic heterocycles. The first kappa shape index (κ1) is 9.95. The van der Waals surface area contributed by atoms with Gasteiger partial charge < -0.3 is 0 Å². The molecule has 1 heterocycles. The molecule has 0 unspecified atom stereocenters. The summed E-state index contributed by atoms with van der Waals surface area (Å²) in [6.07, 6.45) is 2.20. The van der Waals surface area contributed by atoms with Crippen molar-refractivity contribution in [3.8, 4) is 0 Å². The molecule has 0 atom stereocenters. The molecule has 5 heteroatoms. The summed E-state index contributed by atoms with van der Waals surface area (Å²) in [7, 11) is -3.29. The largest absolute Gasteiger partial charge is 0.288 e. The lowest BCUT2D eigenvalue weighted by atomic mass is 10.4. The predicted molar refractivity (Wildman–Crippen MR) is 46.2 cm³/mol. The lowest BCUT2D eigenvalue weighted by Crippen LogP contribution is -2.28. The van der Waals surface area contributed by atoms with Crippen LogP contribution in [0.25, 0.3) is 0 Å². The van der Waals surface area contributed by atoms with E-state index in [9.17, 15) is 8.42 Å². The van der Waals surface area contributed by atoms with Crippen LogP contribution in [0, 0.1) is 0 Å². The summed E-state index contributed by atoms with van der Waals surface area (Å²) in [6, 6.07) is 0. The standard InChI is InChI=1S/C7H15NO3S/c1-2-11-12(9,10)7-8-5-3-4-6-8/h2-7H2,1H3. The van der Waals surface area contributed by atoms with Crippen LogP contribution < -0.4 is 0 Å². The van der Waals surface area contributed by atoms with E-state index in [2.05, 4.69) is 4.18 Å². The van der Waals surface area contributed by atoms with Crippen LogP contribution in [-0.4, -0.2) is 38.9 Å². The highest BCUT2D eigenvalue weighted by Crippen LogP contribution is 2.09. The highest BCUT2D eigenvalue weighted by Gasteiger charge is 2.19. The summed E-state index contributed by atoms with van der Waals surface area (Å²) < 4.78 is 26.9. The fourth-order valence-electron chi connectivity index (χ4n) is 1.35. The van der Waals surface area contributed by atoms with Gasteiger partial charge in [-0.15, -0.1) is 0 Å². The Morgan fingerprint density at radius 1 is 1.33 bits per heavy atom. The minimum Gasteiger partial charge on any atom is -0.288 e. The first-order valence-corrected chi connectivity index (χ1v) is 5.81. The second-order valence-electron chi connectivity index (χ2n) is 2.92. The lowest BCUT2D eigenvalue weighted by Gasteiger charge is -2.13. The van der Waals surface area contributed by atoms with Crippen molar-refractivity contribution in [1.29, 1.82) is 0 Å². The van der Waals surface area contributed by atoms with Gasteiger partial charge in [-0.25, -0.2) is 0 Å². The van der Waals surface area contributed by atoms with E-state index in [1.165, 1.54) is 0 Å². The van der Waals surface area contributed by atoms with Crippen molar-refractivity contribution >= 4 is 10.1 Å². The zero-order valence-electron chi connectivity index (χ0n) is 7.32. The molecule has 0 bridgehead atoms. The molecule has 1 rings (SSSR count). The Labute approximate surface area is 73.6 Å². The van der Waals surface area contributed by atoms with Crippen molar-refractivity contribution in [2.24, 2.45) is 0 Å². The van der Waals surface area contributed by atoms with Crippen LogP contribution in [0.2, 0.25) is 0 Å². The molecule has 0 aromatic carbocycles. The Kier molecular flexibility index (Phi) is 3.49. The van der Waals surface area contributed by atoms with Crippen molar-refractivity contribution in [3.63, 3.8) is 0 Å². The van der Waals surface area contributed by atoms with Gasteiger partial charge in [0.05, 0.1) is 6.61 Å². The summed E-state index contributed by atoms with van der Waals surface area (Å²) in [6.45, 7) is 3.68. The summed E-state index contributed by atoms with van der Waals surface area (Å²) in [5, 5.41) is 0. The van der Waals surface area contributed by atoms with E-state index in [-0.39, 0.29) is 12.5 Å². The van der Waals surface area contributed by atoms with E-state index >= 15 is 0 Å². The van der Waals surface area contributed by atoms with E-state index in [0.717, 1.165) is 25.9 Å². The zero-order valence-corrected chi connectivity index (χ0v) is 8.14. The van der Waals surface area contributed by atoms with Gasteiger partial charge >= 0.3 is 0 Å². The molecular weight excluding hydrogens is 178 g/mol. The van der Waals surface area contributed by atoms with E-state index in [1.54, 1.807) is 6.92 Å². The van der Waals surface area contributed by atoms with Crippen molar-refractivity contribution in [3.05, 3.63) is 0 Å². The molecule has 12 heavy (non-hydrogen) atoms. The number of rotatable bonds is 4. The SMILES string of the molecule is CCOS(=O)(=O)CN1CCCC1. The van der Waals surface area contributed by atoms with Gasteiger partial charge in [-0.05, 0) is 32.9 Å². The quantitative estimate of drug-likeness (QED) is 0.607. The molecule has 0 aliphatic carbocycles. The number of likely N-dealkylation sites (tertiary alicyclic amines) is 1. The molecule has 1 fully saturated rings. The molecule has 0 spiro atoms. The number of nitrogens with zero attached hydrogens (tertiary/aromatic N) is 1. The van der Waals surface area contributed by atoms with Gasteiger partial charge in [0.15, 0.2) is 0 Å². The molecule has 72 valence electrons. The Balaban J connectivity index is 2.38. The molecule has 1 aliphatic rings. The van der Waals surface area contributed by atoms with Gasteiger partial charge in [0.1, 0.15) is 5.88 Å². The van der Waals surface area contributed by atoms with Crippen molar-refractivity contribution in [2.75, 3.05) is 25.6 Å². The first-order chi connectivity index (χ1) is 5.64. The summed E-state index contributed by atoms with van der Waals surface area (Å²) in [4.78, 5) is 1.91.